The third kappa shape index (κ3) is 8.05. The number of rotatable bonds is 7. The van der Waals surface area contributed by atoms with Crippen LogP contribution in [0.2, 0.25) is 39.3 Å². The summed E-state index contributed by atoms with van der Waals surface area (Å²) >= 11 is 0. The van der Waals surface area contributed by atoms with E-state index in [1.807, 2.05) is 26.6 Å². The van der Waals surface area contributed by atoms with Crippen molar-refractivity contribution in [3.8, 4) is 0 Å². The first-order valence-corrected chi connectivity index (χ1v) is 13.6. The van der Waals surface area contributed by atoms with Gasteiger partial charge in [0.15, 0.2) is 0 Å². The quantitative estimate of drug-likeness (QED) is 0.301. The predicted molar refractivity (Wildman–Crippen MR) is 86.0 cm³/mol. The Balaban J connectivity index is 5.33. The molecule has 0 N–H and O–H groups in total. The predicted octanol–water partition coefficient (Wildman–Crippen LogP) is 4.46. The van der Waals surface area contributed by atoms with Crippen molar-refractivity contribution in [2.24, 2.45) is 0 Å². The summed E-state index contributed by atoms with van der Waals surface area (Å²) in [4.78, 5) is 12.3. The fourth-order valence-electron chi connectivity index (χ4n) is 1.51. The van der Waals surface area contributed by atoms with E-state index in [1.165, 1.54) is 0 Å². The lowest BCUT2D eigenvalue weighted by molar-refractivity contribution is -0.131. The summed E-state index contributed by atoms with van der Waals surface area (Å²) in [5.41, 5.74) is 0.627. The number of carbonyl (C=O) groups excluding carboxylic acids is 1. The smallest absolute Gasteiger partial charge is 0.324 e. The summed E-state index contributed by atoms with van der Waals surface area (Å²) in [6.45, 7) is 18.0. The Morgan fingerprint density at radius 2 is 1.53 bits per heavy atom. The second kappa shape index (κ2) is 7.10. The van der Waals surface area contributed by atoms with Gasteiger partial charge in [0.1, 0.15) is 0 Å². The molecule has 0 rings (SSSR count). The Kier molecular flexibility index (Phi) is 6.79. The first kappa shape index (κ1) is 18.2. The van der Waals surface area contributed by atoms with E-state index >= 15 is 0 Å². The van der Waals surface area contributed by atoms with Gasteiger partial charge in [0, 0.05) is 12.8 Å². The molecule has 0 heterocycles. The highest BCUT2D eigenvalue weighted by Crippen LogP contribution is 2.22. The minimum atomic E-state index is -1.89. The molecule has 0 aromatic heterocycles. The summed E-state index contributed by atoms with van der Waals surface area (Å²) in [5, 5.41) is 0. The molecule has 0 spiro atoms. The van der Waals surface area contributed by atoms with Crippen molar-refractivity contribution in [2.75, 3.05) is 0 Å². The maximum Gasteiger partial charge on any atom is 0.324 e. The molecule has 19 heavy (non-hydrogen) atoms. The lowest BCUT2D eigenvalue weighted by Crippen LogP contribution is -2.31. The van der Waals surface area contributed by atoms with Gasteiger partial charge in [-0.2, -0.15) is 0 Å². The number of carbonyl (C=O) groups is 1. The Morgan fingerprint density at radius 1 is 1.05 bits per heavy atom. The van der Waals surface area contributed by atoms with E-state index in [1.54, 1.807) is 6.08 Å². The molecule has 0 amide bonds. The molecule has 0 aliphatic rings. The highest BCUT2D eigenvalue weighted by molar-refractivity contribution is 6.71. The molecule has 5 heteroatoms. The third-order valence-corrected chi connectivity index (χ3v) is 3.74. The van der Waals surface area contributed by atoms with E-state index in [-0.39, 0.29) is 5.97 Å². The van der Waals surface area contributed by atoms with Crippen molar-refractivity contribution >= 4 is 22.6 Å². The second-order valence-corrected chi connectivity index (χ2v) is 15.3. The van der Waals surface area contributed by atoms with Crippen molar-refractivity contribution in [3.63, 3.8) is 0 Å². The average Bonchev–Trinajstić information content (AvgIpc) is 2.19. The van der Waals surface area contributed by atoms with Crippen LogP contribution in [-0.4, -0.2) is 22.6 Å². The zero-order valence-electron chi connectivity index (χ0n) is 13.4. The first-order valence-electron chi connectivity index (χ1n) is 6.75. The van der Waals surface area contributed by atoms with Gasteiger partial charge in [0.25, 0.3) is 0 Å². The number of allylic oxidation sites excluding steroid dienone is 2. The zero-order valence-corrected chi connectivity index (χ0v) is 15.4. The SMILES string of the molecule is C=CC/C(C(=O)O[Si](C)(C)C)=C(/CC)O[Si](C)(C)C. The van der Waals surface area contributed by atoms with Gasteiger partial charge in [-0.25, -0.2) is 4.79 Å². The van der Waals surface area contributed by atoms with Gasteiger partial charge in [0.05, 0.1) is 11.3 Å². The molecule has 3 nitrogen and oxygen atoms in total. The van der Waals surface area contributed by atoms with Gasteiger partial charge < -0.3 is 8.85 Å². The number of hydrogen-bond donors (Lipinski definition) is 0. The molecule has 110 valence electrons. The molecule has 0 saturated heterocycles. The van der Waals surface area contributed by atoms with Gasteiger partial charge in [-0.05, 0) is 39.3 Å². The van der Waals surface area contributed by atoms with E-state index in [4.69, 9.17) is 8.85 Å². The van der Waals surface area contributed by atoms with Crippen LogP contribution < -0.4 is 0 Å². The summed E-state index contributed by atoms with van der Waals surface area (Å²) < 4.78 is 11.6. The molecule has 0 aliphatic carbocycles. The van der Waals surface area contributed by atoms with Crippen molar-refractivity contribution in [3.05, 3.63) is 24.0 Å². The van der Waals surface area contributed by atoms with Crippen molar-refractivity contribution in [1.29, 1.82) is 0 Å². The van der Waals surface area contributed by atoms with Gasteiger partial charge in [-0.3, -0.25) is 0 Å². The molecule has 0 aliphatic heterocycles. The van der Waals surface area contributed by atoms with Crippen LogP contribution in [0.1, 0.15) is 19.8 Å². The van der Waals surface area contributed by atoms with Crippen LogP contribution in [-0.2, 0) is 13.6 Å². The summed E-state index contributed by atoms with van der Waals surface area (Å²) in [6.07, 6.45) is 2.93. The van der Waals surface area contributed by atoms with Crippen molar-refractivity contribution < 1.29 is 13.6 Å². The fraction of sp³-hybridized carbons (Fsp3) is 0.643. The van der Waals surface area contributed by atoms with Gasteiger partial charge in [-0.15, -0.1) is 6.58 Å². The fourth-order valence-corrected chi connectivity index (χ4v) is 3.20. The van der Waals surface area contributed by atoms with E-state index < -0.39 is 16.6 Å². The Bertz CT molecular complexity index is 360. The van der Waals surface area contributed by atoms with Gasteiger partial charge in [0.2, 0.25) is 16.6 Å². The van der Waals surface area contributed by atoms with E-state index in [0.717, 1.165) is 5.76 Å². The van der Waals surface area contributed by atoms with Crippen LogP contribution >= 0.6 is 0 Å². The third-order valence-electron chi connectivity index (χ3n) is 2.08. The van der Waals surface area contributed by atoms with Crippen LogP contribution in [0, 0.1) is 0 Å². The second-order valence-electron chi connectivity index (χ2n) is 6.46. The highest BCUT2D eigenvalue weighted by Gasteiger charge is 2.26. The largest absolute Gasteiger partial charge is 0.547 e. The Labute approximate surface area is 120 Å². The normalized spacial score (nSPS) is 13.6. The van der Waals surface area contributed by atoms with Crippen LogP contribution in [0.5, 0.6) is 0 Å². The Morgan fingerprint density at radius 3 is 1.84 bits per heavy atom. The van der Waals surface area contributed by atoms with Crippen LogP contribution in [0.25, 0.3) is 0 Å². The molecular formula is C14H28O3Si2. The average molecular weight is 301 g/mol. The molecule has 0 atom stereocenters. The maximum atomic E-state index is 12.3. The van der Waals surface area contributed by atoms with E-state index in [0.29, 0.717) is 18.4 Å². The van der Waals surface area contributed by atoms with Crippen molar-refractivity contribution in [1.82, 2.24) is 0 Å². The van der Waals surface area contributed by atoms with Crippen LogP contribution in [0.15, 0.2) is 24.0 Å². The first-order chi connectivity index (χ1) is 8.50. The topological polar surface area (TPSA) is 35.5 Å². The molecule has 0 bridgehead atoms. The summed E-state index contributed by atoms with van der Waals surface area (Å²) in [6, 6.07) is 0. The standard InChI is InChI=1S/C14H28O3Si2/c1-9-11-12(14(15)17-19(6,7)8)13(10-2)16-18(3,4)5/h9H,1,10-11H2,2-8H3/b13-12+. The van der Waals surface area contributed by atoms with Crippen LogP contribution in [0.3, 0.4) is 0 Å². The molecule has 0 aromatic carbocycles. The zero-order chi connectivity index (χ0) is 15.3. The highest BCUT2D eigenvalue weighted by atomic mass is 28.4. The maximum absolute atomic E-state index is 12.3. The minimum absolute atomic E-state index is 0.242. The lowest BCUT2D eigenvalue weighted by Gasteiger charge is -2.25. The summed E-state index contributed by atoms with van der Waals surface area (Å²) in [7, 11) is -3.62. The monoisotopic (exact) mass is 300 g/mol. The lowest BCUT2D eigenvalue weighted by atomic mass is 10.1. The molecule has 0 radical (unpaired) electrons. The molecule has 0 fully saturated rings. The molecule has 0 aromatic rings. The van der Waals surface area contributed by atoms with Crippen molar-refractivity contribution in [2.45, 2.75) is 59.0 Å². The van der Waals surface area contributed by atoms with Gasteiger partial charge >= 0.3 is 5.97 Å². The van der Waals surface area contributed by atoms with E-state index in [2.05, 4.69) is 26.2 Å². The molecular weight excluding hydrogens is 272 g/mol. The van der Waals surface area contributed by atoms with E-state index in [9.17, 15) is 4.79 Å². The summed E-state index contributed by atoms with van der Waals surface area (Å²) in [5.74, 6) is 0.525. The van der Waals surface area contributed by atoms with Crippen LogP contribution in [0.4, 0.5) is 0 Å². The molecule has 0 unspecified atom stereocenters. The number of hydrogen-bond acceptors (Lipinski definition) is 3. The minimum Gasteiger partial charge on any atom is -0.547 e. The Hall–Kier alpha value is -0.816. The van der Waals surface area contributed by atoms with Gasteiger partial charge in [-0.1, -0.05) is 13.0 Å². The molecule has 0 saturated carbocycles.